The summed E-state index contributed by atoms with van der Waals surface area (Å²) >= 11 is 0. The number of carbonyl (C=O) groups excluding carboxylic acids is 2. The number of hydrogen-bond donors (Lipinski definition) is 1. The number of ether oxygens (including phenoxy) is 5. The third kappa shape index (κ3) is 7.23. The molecule has 4 aromatic rings. The number of rotatable bonds is 13. The maximum Gasteiger partial charge on any atom is 0.251 e. The summed E-state index contributed by atoms with van der Waals surface area (Å²) in [5, 5.41) is 2.99. The smallest absolute Gasteiger partial charge is 0.251 e. The van der Waals surface area contributed by atoms with E-state index in [-0.39, 0.29) is 18.9 Å². The fourth-order valence-electron chi connectivity index (χ4n) is 5.00. The fraction of sp³-hybridized carbons (Fsp3) is 0.257. The standard InChI is InChI=1S/C35H38N2O7/c1-23-12-10-11-15-25(23)22-37(32(38)18-24-13-8-7-9-14-24)33(26-19-30(42-4)34(44-6)31(20-26)43-5)35(39)36-28-17-16-27(40-2)21-29(28)41-3/h7-17,19-21,33H,18,22H2,1-6H3,(H,36,39). The molecule has 0 radical (unpaired) electrons. The summed E-state index contributed by atoms with van der Waals surface area (Å²) in [5.74, 6) is 1.35. The van der Waals surface area contributed by atoms with Crippen molar-refractivity contribution in [3.63, 3.8) is 0 Å². The molecule has 0 bridgehead atoms. The van der Waals surface area contributed by atoms with Crippen LogP contribution < -0.4 is 29.0 Å². The minimum Gasteiger partial charge on any atom is -0.497 e. The number of aryl methyl sites for hydroxylation is 1. The molecule has 0 aromatic heterocycles. The van der Waals surface area contributed by atoms with E-state index < -0.39 is 11.9 Å². The van der Waals surface area contributed by atoms with Crippen LogP contribution >= 0.6 is 0 Å². The quantitative estimate of drug-likeness (QED) is 0.202. The van der Waals surface area contributed by atoms with Crippen LogP contribution in [0.1, 0.15) is 28.3 Å². The lowest BCUT2D eigenvalue weighted by Gasteiger charge is -2.33. The van der Waals surface area contributed by atoms with Gasteiger partial charge in [-0.1, -0.05) is 54.6 Å². The summed E-state index contributed by atoms with van der Waals surface area (Å²) in [6, 6.07) is 24.6. The number of methoxy groups -OCH3 is 5. The van der Waals surface area contributed by atoms with Crippen molar-refractivity contribution in [2.75, 3.05) is 40.9 Å². The van der Waals surface area contributed by atoms with Crippen LogP contribution in [0.3, 0.4) is 0 Å². The van der Waals surface area contributed by atoms with Gasteiger partial charge in [-0.3, -0.25) is 9.59 Å². The molecule has 0 aliphatic carbocycles. The Hall–Kier alpha value is -5.18. The number of hydrogen-bond acceptors (Lipinski definition) is 7. The molecule has 9 nitrogen and oxygen atoms in total. The summed E-state index contributed by atoms with van der Waals surface area (Å²) in [4.78, 5) is 30.3. The van der Waals surface area contributed by atoms with Gasteiger partial charge >= 0.3 is 0 Å². The molecule has 1 N–H and O–H groups in total. The van der Waals surface area contributed by atoms with Gasteiger partial charge in [-0.05, 0) is 53.4 Å². The molecule has 2 amide bonds. The minimum atomic E-state index is -1.11. The number of benzene rings is 4. The molecular formula is C35H38N2O7. The van der Waals surface area contributed by atoms with Gasteiger partial charge < -0.3 is 33.9 Å². The Morgan fingerprint density at radius 1 is 0.727 bits per heavy atom. The number of amides is 2. The van der Waals surface area contributed by atoms with Crippen molar-refractivity contribution in [3.8, 4) is 28.7 Å². The molecule has 4 rings (SSSR count). The Bertz CT molecular complexity index is 1560. The summed E-state index contributed by atoms with van der Waals surface area (Å²) in [5.41, 5.74) is 3.61. The predicted molar refractivity (Wildman–Crippen MR) is 169 cm³/mol. The maximum atomic E-state index is 14.5. The zero-order valence-corrected chi connectivity index (χ0v) is 25.9. The van der Waals surface area contributed by atoms with Crippen molar-refractivity contribution in [2.45, 2.75) is 25.9 Å². The van der Waals surface area contributed by atoms with E-state index in [0.29, 0.717) is 40.0 Å². The molecule has 0 spiro atoms. The second kappa shape index (κ2) is 14.8. The number of nitrogens with zero attached hydrogens (tertiary/aromatic N) is 1. The van der Waals surface area contributed by atoms with Crippen LogP contribution in [0.25, 0.3) is 0 Å². The first-order valence-corrected chi connectivity index (χ1v) is 14.0. The van der Waals surface area contributed by atoms with Crippen LogP contribution in [0.2, 0.25) is 0 Å². The first-order chi connectivity index (χ1) is 21.3. The molecule has 0 saturated heterocycles. The first-order valence-electron chi connectivity index (χ1n) is 14.0. The third-order valence-electron chi connectivity index (χ3n) is 7.35. The summed E-state index contributed by atoms with van der Waals surface area (Å²) in [7, 11) is 7.58. The van der Waals surface area contributed by atoms with Crippen molar-refractivity contribution in [2.24, 2.45) is 0 Å². The summed E-state index contributed by atoms with van der Waals surface area (Å²) in [6.07, 6.45) is 0.0901. The van der Waals surface area contributed by atoms with Gasteiger partial charge in [0.15, 0.2) is 11.5 Å². The molecule has 4 aromatic carbocycles. The Labute approximate surface area is 258 Å². The highest BCUT2D eigenvalue weighted by Crippen LogP contribution is 2.42. The van der Waals surface area contributed by atoms with E-state index in [1.807, 2.05) is 61.5 Å². The van der Waals surface area contributed by atoms with E-state index in [0.717, 1.165) is 16.7 Å². The Morgan fingerprint density at radius 3 is 1.95 bits per heavy atom. The first kappa shape index (κ1) is 31.7. The highest BCUT2D eigenvalue weighted by Gasteiger charge is 2.34. The fourth-order valence-corrected chi connectivity index (χ4v) is 5.00. The van der Waals surface area contributed by atoms with Gasteiger partial charge in [-0.15, -0.1) is 0 Å². The summed E-state index contributed by atoms with van der Waals surface area (Å²) < 4.78 is 27.7. The lowest BCUT2D eigenvalue weighted by Crippen LogP contribution is -2.42. The number of carbonyl (C=O) groups is 2. The van der Waals surface area contributed by atoms with Crippen molar-refractivity contribution < 1.29 is 33.3 Å². The molecule has 0 saturated carbocycles. The molecule has 0 fully saturated rings. The van der Waals surface area contributed by atoms with Crippen molar-refractivity contribution in [1.82, 2.24) is 4.90 Å². The van der Waals surface area contributed by atoms with Crippen LogP contribution in [0.15, 0.2) is 84.9 Å². The van der Waals surface area contributed by atoms with Crippen LogP contribution in [0.4, 0.5) is 5.69 Å². The van der Waals surface area contributed by atoms with Gasteiger partial charge in [0.2, 0.25) is 11.7 Å². The normalized spacial score (nSPS) is 11.2. The van der Waals surface area contributed by atoms with Crippen LogP contribution in [0.5, 0.6) is 28.7 Å². The second-order valence-electron chi connectivity index (χ2n) is 10.0. The minimum absolute atomic E-state index is 0.0901. The van der Waals surface area contributed by atoms with Gasteiger partial charge in [0.05, 0.1) is 47.7 Å². The lowest BCUT2D eigenvalue weighted by atomic mass is 9.99. The second-order valence-corrected chi connectivity index (χ2v) is 10.0. The Morgan fingerprint density at radius 2 is 1.36 bits per heavy atom. The van der Waals surface area contributed by atoms with E-state index >= 15 is 0 Å². The van der Waals surface area contributed by atoms with Gasteiger partial charge in [-0.25, -0.2) is 0 Å². The SMILES string of the molecule is COc1ccc(NC(=O)C(c2cc(OC)c(OC)c(OC)c2)N(Cc2ccccc2C)C(=O)Cc2ccccc2)c(OC)c1. The number of nitrogens with one attached hydrogen (secondary N) is 1. The highest BCUT2D eigenvalue weighted by molar-refractivity contribution is 5.99. The predicted octanol–water partition coefficient (Wildman–Crippen LogP) is 5.99. The zero-order chi connectivity index (χ0) is 31.6. The Kier molecular flexibility index (Phi) is 10.7. The van der Waals surface area contributed by atoms with E-state index in [4.69, 9.17) is 23.7 Å². The van der Waals surface area contributed by atoms with Crippen molar-refractivity contribution >= 4 is 17.5 Å². The molecule has 230 valence electrons. The molecule has 0 heterocycles. The van der Waals surface area contributed by atoms with Gasteiger partial charge in [0, 0.05) is 12.6 Å². The number of anilines is 1. The molecule has 44 heavy (non-hydrogen) atoms. The summed E-state index contributed by atoms with van der Waals surface area (Å²) in [6.45, 7) is 2.15. The van der Waals surface area contributed by atoms with Crippen molar-refractivity contribution in [1.29, 1.82) is 0 Å². The van der Waals surface area contributed by atoms with E-state index in [2.05, 4.69) is 5.32 Å². The lowest BCUT2D eigenvalue weighted by molar-refractivity contribution is -0.139. The average molecular weight is 599 g/mol. The van der Waals surface area contributed by atoms with Crippen LogP contribution in [-0.4, -0.2) is 52.3 Å². The monoisotopic (exact) mass is 598 g/mol. The van der Waals surface area contributed by atoms with Crippen LogP contribution in [-0.2, 0) is 22.6 Å². The van der Waals surface area contributed by atoms with Crippen LogP contribution in [0, 0.1) is 6.92 Å². The van der Waals surface area contributed by atoms with Gasteiger partial charge in [0.25, 0.3) is 5.91 Å². The molecule has 1 unspecified atom stereocenters. The molecule has 1 atom stereocenters. The van der Waals surface area contributed by atoms with Crippen molar-refractivity contribution in [3.05, 3.63) is 107 Å². The van der Waals surface area contributed by atoms with Gasteiger partial charge in [0.1, 0.15) is 17.5 Å². The third-order valence-corrected chi connectivity index (χ3v) is 7.35. The average Bonchev–Trinajstić information content (AvgIpc) is 3.05. The van der Waals surface area contributed by atoms with E-state index in [1.54, 1.807) is 42.3 Å². The Balaban J connectivity index is 1.89. The topological polar surface area (TPSA) is 95.6 Å². The molecule has 9 heteroatoms. The largest absolute Gasteiger partial charge is 0.497 e. The maximum absolute atomic E-state index is 14.5. The molecular weight excluding hydrogens is 560 g/mol. The van der Waals surface area contributed by atoms with E-state index in [9.17, 15) is 9.59 Å². The molecule has 0 aliphatic heterocycles. The van der Waals surface area contributed by atoms with Gasteiger partial charge in [-0.2, -0.15) is 0 Å². The zero-order valence-electron chi connectivity index (χ0n) is 25.9. The highest BCUT2D eigenvalue weighted by atomic mass is 16.5. The van der Waals surface area contributed by atoms with E-state index in [1.165, 1.54) is 28.4 Å². The molecule has 0 aliphatic rings.